The van der Waals surface area contributed by atoms with Crippen LogP contribution in [0.3, 0.4) is 0 Å². The van der Waals surface area contributed by atoms with Crippen LogP contribution in [-0.2, 0) is 13.0 Å². The number of carbonyl (C=O) groups is 2. The van der Waals surface area contributed by atoms with Gasteiger partial charge in [-0.3, -0.25) is 9.59 Å². The summed E-state index contributed by atoms with van der Waals surface area (Å²) < 4.78 is 0. The summed E-state index contributed by atoms with van der Waals surface area (Å²) in [5.41, 5.74) is 2.65. The highest BCUT2D eigenvalue weighted by molar-refractivity contribution is 7.14. The number of aromatic amines is 1. The van der Waals surface area contributed by atoms with E-state index in [1.54, 1.807) is 17.4 Å². The molecule has 8 heteroatoms. The van der Waals surface area contributed by atoms with Crippen molar-refractivity contribution >= 4 is 45.7 Å². The number of rotatable bonds is 4. The minimum Gasteiger partial charge on any atom is -0.351 e. The van der Waals surface area contributed by atoms with Crippen molar-refractivity contribution in [1.29, 1.82) is 0 Å². The molecule has 0 spiro atoms. The number of benzene rings is 1. The first-order valence-electron chi connectivity index (χ1n) is 11.2. The van der Waals surface area contributed by atoms with Gasteiger partial charge in [-0.25, -0.2) is 0 Å². The van der Waals surface area contributed by atoms with Gasteiger partial charge < -0.3 is 20.5 Å². The van der Waals surface area contributed by atoms with Crippen LogP contribution in [0.5, 0.6) is 0 Å². The fourth-order valence-corrected chi connectivity index (χ4v) is 6.02. The molecule has 5 rings (SSSR count). The molecular weight excluding hydrogens is 444 g/mol. The van der Waals surface area contributed by atoms with E-state index in [2.05, 4.69) is 27.6 Å². The third-order valence-electron chi connectivity index (χ3n) is 6.51. The molecule has 168 valence electrons. The number of nitrogens with one attached hydrogen (secondary N) is 3. The van der Waals surface area contributed by atoms with Crippen LogP contribution in [0.1, 0.15) is 56.3 Å². The zero-order chi connectivity index (χ0) is 22.2. The zero-order valence-electron chi connectivity index (χ0n) is 18.0. The van der Waals surface area contributed by atoms with E-state index in [1.807, 2.05) is 24.3 Å². The Bertz CT molecular complexity index is 1170. The molecular formula is C24H27ClN4O2S. The number of halogens is 1. The summed E-state index contributed by atoms with van der Waals surface area (Å²) in [7, 11) is 2.11. The first-order valence-corrected chi connectivity index (χ1v) is 12.4. The van der Waals surface area contributed by atoms with Crippen LogP contribution in [0.25, 0.3) is 10.9 Å². The van der Waals surface area contributed by atoms with Gasteiger partial charge in [0, 0.05) is 46.0 Å². The zero-order valence-corrected chi connectivity index (χ0v) is 19.6. The lowest BCUT2D eigenvalue weighted by Crippen LogP contribution is -2.53. The summed E-state index contributed by atoms with van der Waals surface area (Å²) >= 11 is 7.67. The van der Waals surface area contributed by atoms with Gasteiger partial charge in [0.05, 0.1) is 4.88 Å². The number of aromatic nitrogens is 1. The highest BCUT2D eigenvalue weighted by Gasteiger charge is 2.30. The summed E-state index contributed by atoms with van der Waals surface area (Å²) in [4.78, 5) is 33.5. The lowest BCUT2D eigenvalue weighted by molar-refractivity contribution is 0.0862. The summed E-state index contributed by atoms with van der Waals surface area (Å²) in [5.74, 6) is -0.184. The quantitative estimate of drug-likeness (QED) is 0.530. The second-order valence-corrected chi connectivity index (χ2v) is 10.5. The van der Waals surface area contributed by atoms with E-state index in [9.17, 15) is 9.59 Å². The molecule has 2 aliphatic rings. The number of fused-ring (bicyclic) bond motifs is 2. The Kier molecular flexibility index (Phi) is 5.97. The van der Waals surface area contributed by atoms with Crippen molar-refractivity contribution in [2.75, 3.05) is 13.6 Å². The molecule has 1 aliphatic carbocycles. The van der Waals surface area contributed by atoms with Crippen LogP contribution in [0.4, 0.5) is 0 Å². The predicted octanol–water partition coefficient (Wildman–Crippen LogP) is 4.34. The number of hydrogen-bond acceptors (Lipinski definition) is 4. The van der Waals surface area contributed by atoms with Crippen molar-refractivity contribution < 1.29 is 9.59 Å². The van der Waals surface area contributed by atoms with E-state index >= 15 is 0 Å². The lowest BCUT2D eigenvalue weighted by atomic mass is 9.90. The average molecular weight is 471 g/mol. The van der Waals surface area contributed by atoms with Crippen LogP contribution in [-0.4, -0.2) is 47.4 Å². The van der Waals surface area contributed by atoms with Gasteiger partial charge in [-0.15, -0.1) is 11.3 Å². The normalized spacial score (nSPS) is 21.3. The Morgan fingerprint density at radius 3 is 2.62 bits per heavy atom. The van der Waals surface area contributed by atoms with E-state index < -0.39 is 0 Å². The molecule has 3 aromatic rings. The van der Waals surface area contributed by atoms with E-state index in [0.29, 0.717) is 10.7 Å². The monoisotopic (exact) mass is 470 g/mol. The Morgan fingerprint density at radius 1 is 1.09 bits per heavy atom. The molecule has 0 radical (unpaired) electrons. The standard InChI is InChI=1S/C24H27ClN4O2S/c1-29-9-8-21-15(13-29)12-22(32-21)24(31)28-19-5-3-2-4-18(19)27-23(30)20-11-14-10-16(25)6-7-17(14)26-20/h6-7,10-12,18-19,26H,2-5,8-9,13H2,1H3,(H,27,30)(H,28,31)/t18-,19+/m1/s1. The fraction of sp³-hybridized carbons (Fsp3) is 0.417. The van der Waals surface area contributed by atoms with Crippen molar-refractivity contribution in [3.63, 3.8) is 0 Å². The molecule has 0 saturated heterocycles. The van der Waals surface area contributed by atoms with E-state index in [-0.39, 0.29) is 23.9 Å². The summed E-state index contributed by atoms with van der Waals surface area (Å²) in [5, 5.41) is 7.91. The third kappa shape index (κ3) is 4.42. The Morgan fingerprint density at radius 2 is 1.84 bits per heavy atom. The molecule has 1 aromatic carbocycles. The second kappa shape index (κ2) is 8.89. The minimum absolute atomic E-state index is 0.0292. The van der Waals surface area contributed by atoms with Gasteiger partial charge in [0.1, 0.15) is 5.69 Å². The first kappa shape index (κ1) is 21.5. The van der Waals surface area contributed by atoms with Crippen molar-refractivity contribution in [2.24, 2.45) is 0 Å². The van der Waals surface area contributed by atoms with Gasteiger partial charge in [-0.1, -0.05) is 24.4 Å². The molecule has 0 unspecified atom stereocenters. The number of carbonyl (C=O) groups excluding carboxylic acids is 2. The molecule has 1 aliphatic heterocycles. The molecule has 3 N–H and O–H groups in total. The smallest absolute Gasteiger partial charge is 0.268 e. The highest BCUT2D eigenvalue weighted by Crippen LogP contribution is 2.28. The number of likely N-dealkylation sites (N-methyl/N-ethyl adjacent to an activating group) is 1. The van der Waals surface area contributed by atoms with Crippen LogP contribution in [0.15, 0.2) is 30.3 Å². The number of H-pyrrole nitrogens is 1. The van der Waals surface area contributed by atoms with Crippen LogP contribution < -0.4 is 10.6 Å². The third-order valence-corrected chi connectivity index (χ3v) is 7.98. The van der Waals surface area contributed by atoms with Gasteiger partial charge in [-0.2, -0.15) is 0 Å². The molecule has 3 heterocycles. The average Bonchev–Trinajstić information content (AvgIpc) is 3.38. The van der Waals surface area contributed by atoms with Gasteiger partial charge in [-0.05, 0) is 62.2 Å². The van der Waals surface area contributed by atoms with Gasteiger partial charge >= 0.3 is 0 Å². The van der Waals surface area contributed by atoms with Crippen LogP contribution >= 0.6 is 22.9 Å². The van der Waals surface area contributed by atoms with Crippen molar-refractivity contribution in [2.45, 2.75) is 50.7 Å². The second-order valence-electron chi connectivity index (χ2n) is 8.91. The first-order chi connectivity index (χ1) is 15.5. The Balaban J connectivity index is 1.27. The predicted molar refractivity (Wildman–Crippen MR) is 129 cm³/mol. The van der Waals surface area contributed by atoms with E-state index in [0.717, 1.165) is 61.0 Å². The molecule has 0 bridgehead atoms. The molecule has 1 saturated carbocycles. The van der Waals surface area contributed by atoms with Crippen LogP contribution in [0.2, 0.25) is 5.02 Å². The maximum absolute atomic E-state index is 13.0. The maximum Gasteiger partial charge on any atom is 0.268 e. The summed E-state index contributed by atoms with van der Waals surface area (Å²) in [6.45, 7) is 1.93. The lowest BCUT2D eigenvalue weighted by Gasteiger charge is -2.32. The SMILES string of the molecule is CN1CCc2sc(C(=O)N[C@H]3CCCC[C@H]3NC(=O)c3cc4cc(Cl)ccc4[nH]3)cc2C1. The van der Waals surface area contributed by atoms with Gasteiger partial charge in [0.2, 0.25) is 0 Å². The molecule has 2 aromatic heterocycles. The molecule has 2 amide bonds. The Labute approximate surface area is 196 Å². The summed E-state index contributed by atoms with van der Waals surface area (Å²) in [6.07, 6.45) is 4.82. The maximum atomic E-state index is 13.0. The van der Waals surface area contributed by atoms with E-state index in [4.69, 9.17) is 11.6 Å². The van der Waals surface area contributed by atoms with Crippen molar-refractivity contribution in [3.8, 4) is 0 Å². The van der Waals surface area contributed by atoms with Gasteiger partial charge in [0.25, 0.3) is 11.8 Å². The summed E-state index contributed by atoms with van der Waals surface area (Å²) in [6, 6.07) is 9.21. The molecule has 6 nitrogen and oxygen atoms in total. The minimum atomic E-state index is -0.155. The topological polar surface area (TPSA) is 77.2 Å². The number of hydrogen-bond donors (Lipinski definition) is 3. The molecule has 1 fully saturated rings. The number of thiophene rings is 1. The van der Waals surface area contributed by atoms with Crippen LogP contribution in [0, 0.1) is 0 Å². The highest BCUT2D eigenvalue weighted by atomic mass is 35.5. The number of amides is 2. The van der Waals surface area contributed by atoms with Gasteiger partial charge in [0.15, 0.2) is 0 Å². The largest absolute Gasteiger partial charge is 0.351 e. The van der Waals surface area contributed by atoms with E-state index in [1.165, 1.54) is 10.4 Å². The molecule has 2 atom stereocenters. The molecule has 32 heavy (non-hydrogen) atoms. The van der Waals surface area contributed by atoms with Crippen molar-refractivity contribution in [1.82, 2.24) is 20.5 Å². The fourth-order valence-electron chi connectivity index (χ4n) is 4.77. The number of nitrogens with zero attached hydrogens (tertiary/aromatic N) is 1. The van der Waals surface area contributed by atoms with Crippen molar-refractivity contribution in [3.05, 3.63) is 56.4 Å². The Hall–Kier alpha value is -2.35.